The number of methoxy groups -OCH3 is 1. The Morgan fingerprint density at radius 2 is 2.05 bits per heavy atom. The van der Waals surface area contributed by atoms with Gasteiger partial charge in [0, 0.05) is 13.2 Å². The molecule has 0 bridgehead atoms. The predicted octanol–water partition coefficient (Wildman–Crippen LogP) is 1.07. The second-order valence-corrected chi connectivity index (χ2v) is 4.33. The molecule has 0 radical (unpaired) electrons. The number of nitrogens with one attached hydrogen (secondary N) is 1. The molecular weight excluding hydrogens is 244 g/mol. The summed E-state index contributed by atoms with van der Waals surface area (Å²) in [7, 11) is 1.64. The third-order valence-electron chi connectivity index (χ3n) is 2.61. The fraction of sp³-hybridized carbons (Fsp3) is 0.500. The minimum absolute atomic E-state index is 0.129. The van der Waals surface area contributed by atoms with E-state index in [1.54, 1.807) is 14.0 Å². The summed E-state index contributed by atoms with van der Waals surface area (Å²) in [6.45, 7) is 3.41. The van der Waals surface area contributed by atoms with Gasteiger partial charge < -0.3 is 20.5 Å². The van der Waals surface area contributed by atoms with Crippen molar-refractivity contribution in [1.29, 1.82) is 0 Å². The first-order valence-corrected chi connectivity index (χ1v) is 6.37. The van der Waals surface area contributed by atoms with E-state index < -0.39 is 6.04 Å². The molecule has 0 saturated carbocycles. The molecular formula is C14H22N2O3. The SMILES string of the molecule is COc1ccc(COCCCNC(=O)[C@H](C)N)cc1. The first kappa shape index (κ1) is 15.5. The first-order chi connectivity index (χ1) is 9.13. The van der Waals surface area contributed by atoms with Crippen molar-refractivity contribution in [2.24, 2.45) is 5.73 Å². The van der Waals surface area contributed by atoms with Crippen LogP contribution in [0.3, 0.4) is 0 Å². The molecule has 19 heavy (non-hydrogen) atoms. The molecule has 1 amide bonds. The van der Waals surface area contributed by atoms with Crippen molar-refractivity contribution >= 4 is 5.91 Å². The minimum Gasteiger partial charge on any atom is -0.497 e. The van der Waals surface area contributed by atoms with E-state index in [4.69, 9.17) is 15.2 Å². The van der Waals surface area contributed by atoms with Crippen LogP contribution in [0, 0.1) is 0 Å². The molecule has 5 nitrogen and oxygen atoms in total. The fourth-order valence-corrected chi connectivity index (χ4v) is 1.46. The Hall–Kier alpha value is -1.59. The molecule has 0 aromatic heterocycles. The van der Waals surface area contributed by atoms with Gasteiger partial charge in [-0.3, -0.25) is 4.79 Å². The molecule has 0 heterocycles. The second kappa shape index (κ2) is 8.50. The van der Waals surface area contributed by atoms with E-state index in [2.05, 4.69) is 5.32 Å². The highest BCUT2D eigenvalue weighted by atomic mass is 16.5. The van der Waals surface area contributed by atoms with Crippen molar-refractivity contribution in [3.63, 3.8) is 0 Å². The Kier molecular flexibility index (Phi) is 6.92. The molecule has 0 spiro atoms. The largest absolute Gasteiger partial charge is 0.497 e. The number of carbonyl (C=O) groups is 1. The standard InChI is InChI=1S/C14H22N2O3/c1-11(15)14(17)16-8-3-9-19-10-12-4-6-13(18-2)7-5-12/h4-7,11H,3,8-10,15H2,1-2H3,(H,16,17)/t11-/m0/s1. The summed E-state index contributed by atoms with van der Waals surface area (Å²) in [4.78, 5) is 11.2. The molecule has 1 aromatic carbocycles. The van der Waals surface area contributed by atoms with Crippen LogP contribution in [0.5, 0.6) is 5.75 Å². The van der Waals surface area contributed by atoms with Gasteiger partial charge in [0.1, 0.15) is 5.75 Å². The highest BCUT2D eigenvalue weighted by Gasteiger charge is 2.04. The molecule has 0 saturated heterocycles. The number of hydrogen-bond acceptors (Lipinski definition) is 4. The third kappa shape index (κ3) is 6.22. The van der Waals surface area contributed by atoms with Gasteiger partial charge in [-0.25, -0.2) is 0 Å². The average Bonchev–Trinajstić information content (AvgIpc) is 2.42. The fourth-order valence-electron chi connectivity index (χ4n) is 1.46. The predicted molar refractivity (Wildman–Crippen MR) is 73.9 cm³/mol. The minimum atomic E-state index is -0.458. The van der Waals surface area contributed by atoms with Gasteiger partial charge in [-0.2, -0.15) is 0 Å². The summed E-state index contributed by atoms with van der Waals surface area (Å²) in [5.74, 6) is 0.706. The van der Waals surface area contributed by atoms with Gasteiger partial charge in [0.2, 0.25) is 5.91 Å². The number of rotatable bonds is 8. The van der Waals surface area contributed by atoms with Crippen molar-refractivity contribution in [2.45, 2.75) is 26.0 Å². The number of benzene rings is 1. The van der Waals surface area contributed by atoms with Crippen molar-refractivity contribution in [3.8, 4) is 5.75 Å². The van der Waals surface area contributed by atoms with E-state index in [1.807, 2.05) is 24.3 Å². The van der Waals surface area contributed by atoms with Crippen LogP contribution in [0.15, 0.2) is 24.3 Å². The maximum Gasteiger partial charge on any atom is 0.236 e. The first-order valence-electron chi connectivity index (χ1n) is 6.37. The van der Waals surface area contributed by atoms with Gasteiger partial charge in [0.15, 0.2) is 0 Å². The van der Waals surface area contributed by atoms with Gasteiger partial charge in [-0.1, -0.05) is 12.1 Å². The number of ether oxygens (including phenoxy) is 2. The van der Waals surface area contributed by atoms with E-state index >= 15 is 0 Å². The van der Waals surface area contributed by atoms with E-state index in [1.165, 1.54) is 0 Å². The van der Waals surface area contributed by atoms with Crippen LogP contribution in [0.1, 0.15) is 18.9 Å². The normalized spacial score (nSPS) is 11.9. The molecule has 0 aliphatic heterocycles. The lowest BCUT2D eigenvalue weighted by molar-refractivity contribution is -0.122. The molecule has 1 rings (SSSR count). The third-order valence-corrected chi connectivity index (χ3v) is 2.61. The highest BCUT2D eigenvalue weighted by molar-refractivity contribution is 5.80. The van der Waals surface area contributed by atoms with E-state index in [-0.39, 0.29) is 5.91 Å². The van der Waals surface area contributed by atoms with Crippen LogP contribution in [0.2, 0.25) is 0 Å². The lowest BCUT2D eigenvalue weighted by atomic mass is 10.2. The van der Waals surface area contributed by atoms with E-state index in [9.17, 15) is 4.79 Å². The average molecular weight is 266 g/mol. The summed E-state index contributed by atoms with van der Waals surface area (Å²) >= 11 is 0. The Balaban J connectivity index is 2.08. The molecule has 5 heteroatoms. The van der Waals surface area contributed by atoms with Crippen molar-refractivity contribution in [1.82, 2.24) is 5.32 Å². The maximum absolute atomic E-state index is 11.2. The Morgan fingerprint density at radius 3 is 2.63 bits per heavy atom. The van der Waals surface area contributed by atoms with E-state index in [0.29, 0.717) is 19.8 Å². The Bertz CT molecular complexity index is 377. The smallest absolute Gasteiger partial charge is 0.236 e. The zero-order valence-electron chi connectivity index (χ0n) is 11.5. The molecule has 0 fully saturated rings. The van der Waals surface area contributed by atoms with Crippen molar-refractivity contribution in [2.75, 3.05) is 20.3 Å². The number of hydrogen-bond donors (Lipinski definition) is 2. The van der Waals surface area contributed by atoms with Crippen molar-refractivity contribution in [3.05, 3.63) is 29.8 Å². The maximum atomic E-state index is 11.2. The van der Waals surface area contributed by atoms with Gasteiger partial charge in [0.25, 0.3) is 0 Å². The summed E-state index contributed by atoms with van der Waals surface area (Å²) in [6.07, 6.45) is 0.772. The molecule has 1 aromatic rings. The Labute approximate surface area is 114 Å². The van der Waals surface area contributed by atoms with Crippen LogP contribution in [0.25, 0.3) is 0 Å². The number of carbonyl (C=O) groups excluding carboxylic acids is 1. The molecule has 0 aliphatic carbocycles. The topological polar surface area (TPSA) is 73.6 Å². The monoisotopic (exact) mass is 266 g/mol. The lowest BCUT2D eigenvalue weighted by Crippen LogP contribution is -2.38. The summed E-state index contributed by atoms with van der Waals surface area (Å²) in [5, 5.41) is 2.74. The van der Waals surface area contributed by atoms with Gasteiger partial charge >= 0.3 is 0 Å². The summed E-state index contributed by atoms with van der Waals surface area (Å²) in [5.41, 5.74) is 6.52. The molecule has 0 unspecified atom stereocenters. The zero-order valence-corrected chi connectivity index (χ0v) is 11.5. The van der Waals surface area contributed by atoms with Crippen LogP contribution >= 0.6 is 0 Å². The molecule has 1 atom stereocenters. The van der Waals surface area contributed by atoms with Crippen LogP contribution in [-0.4, -0.2) is 32.2 Å². The number of amides is 1. The molecule has 0 aliphatic rings. The zero-order chi connectivity index (χ0) is 14.1. The highest BCUT2D eigenvalue weighted by Crippen LogP contribution is 2.11. The van der Waals surface area contributed by atoms with E-state index in [0.717, 1.165) is 17.7 Å². The lowest BCUT2D eigenvalue weighted by Gasteiger charge is -2.08. The van der Waals surface area contributed by atoms with Gasteiger partial charge in [-0.15, -0.1) is 0 Å². The Morgan fingerprint density at radius 1 is 1.37 bits per heavy atom. The van der Waals surface area contributed by atoms with Crippen LogP contribution in [0.4, 0.5) is 0 Å². The number of nitrogens with two attached hydrogens (primary N) is 1. The van der Waals surface area contributed by atoms with Gasteiger partial charge in [0.05, 0.1) is 19.8 Å². The quantitative estimate of drug-likeness (QED) is 0.690. The summed E-state index contributed by atoms with van der Waals surface area (Å²) < 4.78 is 10.6. The molecule has 3 N–H and O–H groups in total. The molecule has 106 valence electrons. The second-order valence-electron chi connectivity index (χ2n) is 4.33. The summed E-state index contributed by atoms with van der Waals surface area (Å²) in [6, 6.07) is 7.29. The van der Waals surface area contributed by atoms with Crippen LogP contribution < -0.4 is 15.8 Å². The van der Waals surface area contributed by atoms with Crippen molar-refractivity contribution < 1.29 is 14.3 Å². The van der Waals surface area contributed by atoms with Gasteiger partial charge in [-0.05, 0) is 31.0 Å². The van der Waals surface area contributed by atoms with Crippen LogP contribution in [-0.2, 0) is 16.1 Å².